The van der Waals surface area contributed by atoms with Crippen LogP contribution in [0.15, 0.2) is 30.3 Å². The van der Waals surface area contributed by atoms with Gasteiger partial charge in [0.2, 0.25) is 0 Å². The molecule has 0 bridgehead atoms. The number of hydrogen-bond donors (Lipinski definition) is 0. The predicted molar refractivity (Wildman–Crippen MR) is 61.4 cm³/mol. The molecule has 0 aromatic heterocycles. The average Bonchev–Trinajstić information content (AvgIpc) is 2.17. The van der Waals surface area contributed by atoms with E-state index in [1.807, 2.05) is 0 Å². The maximum Gasteiger partial charge on any atom is 2.00 e. The van der Waals surface area contributed by atoms with Crippen molar-refractivity contribution in [2.75, 3.05) is 0 Å². The average molecular weight is 298 g/mol. The monoisotopic (exact) mass is 296 g/mol. The minimum Gasteiger partial charge on any atom is -1.00 e. The van der Waals surface area contributed by atoms with Gasteiger partial charge in [-0.05, 0) is 35.3 Å². The maximum atomic E-state index is 10.9. The van der Waals surface area contributed by atoms with Crippen molar-refractivity contribution in [3.05, 3.63) is 30.3 Å². The third kappa shape index (κ3) is 4.98. The first kappa shape index (κ1) is 15.6. The number of para-hydroxylation sites is 1. The van der Waals surface area contributed by atoms with Crippen LogP contribution in [0.3, 0.4) is 0 Å². The van der Waals surface area contributed by atoms with Crippen LogP contribution in [0.4, 0.5) is 0 Å². The SMILES string of the molecule is O=C(OCl)C(Cl)(Cl)Oc1ccccc1.[Ca+2].[H-].[H-]. The Labute approximate surface area is 135 Å². The molecule has 0 aliphatic heterocycles. The summed E-state index contributed by atoms with van der Waals surface area (Å²) in [5.41, 5.74) is 0. The molecule has 1 aromatic carbocycles. The third-order valence-corrected chi connectivity index (χ3v) is 1.90. The fraction of sp³-hybridized carbons (Fsp3) is 0.125. The van der Waals surface area contributed by atoms with E-state index in [2.05, 4.69) is 4.29 Å². The van der Waals surface area contributed by atoms with E-state index in [1.54, 1.807) is 30.3 Å². The molecule has 1 rings (SSSR count). The van der Waals surface area contributed by atoms with Gasteiger partial charge in [0.1, 0.15) is 17.6 Å². The smallest absolute Gasteiger partial charge is 1.00 e. The minimum absolute atomic E-state index is 0. The van der Waals surface area contributed by atoms with Gasteiger partial charge in [0.25, 0.3) is 0 Å². The van der Waals surface area contributed by atoms with Gasteiger partial charge in [0, 0.05) is 0 Å². The molecule has 0 saturated carbocycles. The molecule has 15 heavy (non-hydrogen) atoms. The van der Waals surface area contributed by atoms with Crippen LogP contribution in [-0.4, -0.2) is 48.2 Å². The van der Waals surface area contributed by atoms with Crippen LogP contribution in [0.1, 0.15) is 2.85 Å². The van der Waals surface area contributed by atoms with Crippen LogP contribution >= 0.6 is 35.1 Å². The number of benzene rings is 1. The Hall–Kier alpha value is 0.620. The van der Waals surface area contributed by atoms with Crippen LogP contribution in [0.5, 0.6) is 5.75 Å². The van der Waals surface area contributed by atoms with Crippen molar-refractivity contribution in [1.82, 2.24) is 0 Å². The standard InChI is InChI=1S/C8H5Cl3O3.Ca.2H/c9-8(10,7(12)14-11)13-6-4-2-1-3-5-6;;;/h1-5H;;;/q;+2;2*-1. The second kappa shape index (κ2) is 7.05. The molecule has 0 fully saturated rings. The molecule has 0 heterocycles. The molecule has 0 aliphatic carbocycles. The van der Waals surface area contributed by atoms with E-state index in [1.165, 1.54) is 0 Å². The number of ether oxygens (including phenoxy) is 1. The van der Waals surface area contributed by atoms with Gasteiger partial charge in [0.15, 0.2) is 0 Å². The molecule has 0 unspecified atom stereocenters. The van der Waals surface area contributed by atoms with Crippen molar-refractivity contribution >= 4 is 78.8 Å². The van der Waals surface area contributed by atoms with Crippen molar-refractivity contribution in [1.29, 1.82) is 0 Å². The molecular weight excluding hydrogens is 291 g/mol. The van der Waals surface area contributed by atoms with Gasteiger partial charge >= 0.3 is 48.2 Å². The molecule has 0 radical (unpaired) electrons. The summed E-state index contributed by atoms with van der Waals surface area (Å²) in [6, 6.07) is 8.34. The zero-order valence-electron chi connectivity index (χ0n) is 9.45. The molecule has 0 atom stereocenters. The van der Waals surface area contributed by atoms with E-state index in [0.29, 0.717) is 5.75 Å². The number of halogens is 3. The van der Waals surface area contributed by atoms with E-state index in [-0.39, 0.29) is 40.6 Å². The Morgan fingerprint density at radius 2 is 1.80 bits per heavy atom. The van der Waals surface area contributed by atoms with E-state index in [0.717, 1.165) is 0 Å². The van der Waals surface area contributed by atoms with E-state index < -0.39 is 10.5 Å². The molecule has 1 aromatic rings. The summed E-state index contributed by atoms with van der Waals surface area (Å²) in [7, 11) is 0. The maximum absolute atomic E-state index is 10.9. The molecule has 0 N–H and O–H groups in total. The predicted octanol–water partition coefficient (Wildman–Crippen LogP) is 2.74. The van der Waals surface area contributed by atoms with Crippen LogP contribution in [0.2, 0.25) is 0 Å². The summed E-state index contributed by atoms with van der Waals surface area (Å²) in [5, 5.41) is 0. The first-order valence-corrected chi connectivity index (χ1v) is 4.57. The third-order valence-electron chi connectivity index (χ3n) is 1.30. The van der Waals surface area contributed by atoms with Crippen LogP contribution in [0, 0.1) is 0 Å². The summed E-state index contributed by atoms with van der Waals surface area (Å²) in [6.45, 7) is 0. The largest absolute Gasteiger partial charge is 2.00 e. The van der Waals surface area contributed by atoms with Crippen molar-refractivity contribution < 1.29 is 16.7 Å². The van der Waals surface area contributed by atoms with Gasteiger partial charge in [0.05, 0.1) is 0 Å². The number of carbonyl (C=O) groups is 1. The summed E-state index contributed by atoms with van der Waals surface area (Å²) in [6.07, 6.45) is 0. The Bertz CT molecular complexity index is 327. The van der Waals surface area contributed by atoms with Crippen LogP contribution < -0.4 is 4.74 Å². The Kier molecular flexibility index (Phi) is 7.34. The molecular formula is C8H7CaCl3O3. The number of rotatable bonds is 3. The Morgan fingerprint density at radius 1 is 1.27 bits per heavy atom. The topological polar surface area (TPSA) is 35.5 Å². The number of hydrogen-bond acceptors (Lipinski definition) is 3. The van der Waals surface area contributed by atoms with Gasteiger partial charge in [-0.25, -0.2) is 4.79 Å². The first-order valence-electron chi connectivity index (χ1n) is 3.51. The van der Waals surface area contributed by atoms with Crippen molar-refractivity contribution in [2.24, 2.45) is 0 Å². The van der Waals surface area contributed by atoms with Crippen molar-refractivity contribution in [3.8, 4) is 5.75 Å². The Balaban J connectivity index is -0.000000653. The molecule has 7 heteroatoms. The zero-order valence-corrected chi connectivity index (χ0v) is 11.9. The van der Waals surface area contributed by atoms with Gasteiger partial charge in [-0.2, -0.15) is 0 Å². The minimum atomic E-state index is -2.14. The molecule has 80 valence electrons. The van der Waals surface area contributed by atoms with E-state index >= 15 is 0 Å². The second-order valence-electron chi connectivity index (χ2n) is 2.30. The quantitative estimate of drug-likeness (QED) is 0.636. The van der Waals surface area contributed by atoms with E-state index in [4.69, 9.17) is 39.8 Å². The molecule has 0 aliphatic rings. The van der Waals surface area contributed by atoms with Gasteiger partial charge in [-0.1, -0.05) is 18.2 Å². The van der Waals surface area contributed by atoms with Gasteiger partial charge < -0.3 is 11.9 Å². The van der Waals surface area contributed by atoms with E-state index in [9.17, 15) is 4.79 Å². The summed E-state index contributed by atoms with van der Waals surface area (Å²) in [4.78, 5) is 10.9. The molecule has 0 amide bonds. The van der Waals surface area contributed by atoms with Gasteiger partial charge in [-0.15, -0.1) is 0 Å². The van der Waals surface area contributed by atoms with Gasteiger partial charge in [-0.3, -0.25) is 0 Å². The summed E-state index contributed by atoms with van der Waals surface area (Å²) in [5.74, 6) is -0.758. The first-order chi connectivity index (χ1) is 6.56. The zero-order chi connectivity index (χ0) is 10.6. The molecule has 0 spiro atoms. The molecule has 0 saturated heterocycles. The summed E-state index contributed by atoms with van der Waals surface area (Å²) >= 11 is 15.8. The van der Waals surface area contributed by atoms with Crippen molar-refractivity contribution in [3.63, 3.8) is 0 Å². The fourth-order valence-electron chi connectivity index (χ4n) is 0.723. The normalized spacial score (nSPS) is 10.1. The Morgan fingerprint density at radius 3 is 2.27 bits per heavy atom. The molecule has 3 nitrogen and oxygen atoms in total. The second-order valence-corrected chi connectivity index (χ2v) is 3.71. The number of alkyl halides is 2. The fourth-order valence-corrected chi connectivity index (χ4v) is 1.17. The van der Waals surface area contributed by atoms with Crippen LogP contribution in [-0.2, 0) is 9.08 Å². The van der Waals surface area contributed by atoms with Crippen molar-refractivity contribution in [2.45, 2.75) is 4.52 Å². The van der Waals surface area contributed by atoms with Crippen LogP contribution in [0.25, 0.3) is 0 Å². The summed E-state index contributed by atoms with van der Waals surface area (Å²) < 4.78 is 6.62. The number of carbonyl (C=O) groups excluding carboxylic acids is 1.